The fourth-order valence-electron chi connectivity index (χ4n) is 3.32. The van der Waals surface area contributed by atoms with Crippen molar-refractivity contribution in [1.82, 2.24) is 10.2 Å². The van der Waals surface area contributed by atoms with E-state index >= 15 is 0 Å². The lowest BCUT2D eigenvalue weighted by Crippen LogP contribution is -2.29. The van der Waals surface area contributed by atoms with E-state index in [2.05, 4.69) is 22.3 Å². The third-order valence-electron chi connectivity index (χ3n) is 4.79. The summed E-state index contributed by atoms with van der Waals surface area (Å²) in [5.74, 6) is -0.0723. The highest BCUT2D eigenvalue weighted by molar-refractivity contribution is 6.31. The summed E-state index contributed by atoms with van der Waals surface area (Å²) in [6, 6.07) is 15.4. The van der Waals surface area contributed by atoms with Gasteiger partial charge in [0.05, 0.1) is 6.04 Å². The van der Waals surface area contributed by atoms with Crippen LogP contribution < -0.4 is 5.32 Å². The second kappa shape index (κ2) is 8.50. The number of benzene rings is 2. The van der Waals surface area contributed by atoms with Gasteiger partial charge < -0.3 is 5.32 Å². The minimum Gasteiger partial charge on any atom is -0.345 e. The molecule has 1 aliphatic heterocycles. The summed E-state index contributed by atoms with van der Waals surface area (Å²) in [7, 11) is 0. The molecule has 0 aliphatic carbocycles. The molecule has 0 saturated carbocycles. The Morgan fingerprint density at radius 2 is 1.76 bits per heavy atom. The highest BCUT2D eigenvalue weighted by Gasteiger charge is 2.14. The van der Waals surface area contributed by atoms with Crippen molar-refractivity contribution in [3.05, 3.63) is 70.2 Å². The number of nitrogens with zero attached hydrogens (tertiary/aromatic N) is 1. The van der Waals surface area contributed by atoms with Crippen LogP contribution in [0.3, 0.4) is 0 Å². The summed E-state index contributed by atoms with van der Waals surface area (Å²) in [6.07, 6.45) is 3.93. The summed E-state index contributed by atoms with van der Waals surface area (Å²) >= 11 is 6.21. The van der Waals surface area contributed by atoms with Crippen LogP contribution in [-0.4, -0.2) is 23.9 Å². The van der Waals surface area contributed by atoms with Gasteiger partial charge >= 0.3 is 0 Å². The van der Waals surface area contributed by atoms with Crippen molar-refractivity contribution in [3.8, 4) is 0 Å². The molecule has 132 valence electrons. The number of hydrogen-bond acceptors (Lipinski definition) is 2. The van der Waals surface area contributed by atoms with Crippen molar-refractivity contribution < 1.29 is 4.79 Å². The molecular formula is C21H25ClN2O. The maximum Gasteiger partial charge on any atom is 0.251 e. The topological polar surface area (TPSA) is 32.3 Å². The zero-order chi connectivity index (χ0) is 17.6. The molecule has 1 fully saturated rings. The summed E-state index contributed by atoms with van der Waals surface area (Å²) in [5, 5.41) is 3.69. The van der Waals surface area contributed by atoms with Crippen LogP contribution in [0.15, 0.2) is 48.5 Å². The summed E-state index contributed by atoms with van der Waals surface area (Å²) < 4.78 is 0. The summed E-state index contributed by atoms with van der Waals surface area (Å²) in [6.45, 7) is 5.27. The third-order valence-corrected chi connectivity index (χ3v) is 5.13. The lowest BCUT2D eigenvalue weighted by Gasteiger charge is -2.26. The Morgan fingerprint density at radius 3 is 2.44 bits per heavy atom. The summed E-state index contributed by atoms with van der Waals surface area (Å²) in [4.78, 5) is 15.0. The number of piperidine rings is 1. The minimum absolute atomic E-state index is 0.0723. The first-order valence-electron chi connectivity index (χ1n) is 9.00. The van der Waals surface area contributed by atoms with Gasteiger partial charge in [0.2, 0.25) is 0 Å². The van der Waals surface area contributed by atoms with Crippen molar-refractivity contribution in [2.24, 2.45) is 0 Å². The van der Waals surface area contributed by atoms with Gasteiger partial charge in [-0.25, -0.2) is 0 Å². The Balaban J connectivity index is 1.59. The quantitative estimate of drug-likeness (QED) is 0.833. The highest BCUT2D eigenvalue weighted by atomic mass is 35.5. The maximum absolute atomic E-state index is 12.5. The van der Waals surface area contributed by atoms with Gasteiger partial charge in [-0.1, -0.05) is 48.4 Å². The number of likely N-dealkylation sites (tertiary alicyclic amines) is 1. The number of nitrogens with one attached hydrogen (secondary N) is 1. The molecule has 1 heterocycles. The van der Waals surface area contributed by atoms with E-state index in [0.29, 0.717) is 10.6 Å². The van der Waals surface area contributed by atoms with Crippen molar-refractivity contribution in [2.75, 3.05) is 13.1 Å². The molecule has 2 aromatic rings. The van der Waals surface area contributed by atoms with E-state index in [-0.39, 0.29) is 11.9 Å². The second-order valence-electron chi connectivity index (χ2n) is 6.75. The van der Waals surface area contributed by atoms with Crippen LogP contribution in [0.5, 0.6) is 0 Å². The van der Waals surface area contributed by atoms with Gasteiger partial charge in [0.15, 0.2) is 0 Å². The first-order chi connectivity index (χ1) is 12.1. The monoisotopic (exact) mass is 356 g/mol. The Hall–Kier alpha value is -1.84. The van der Waals surface area contributed by atoms with E-state index in [9.17, 15) is 4.79 Å². The molecule has 0 bridgehead atoms. The number of carbonyl (C=O) groups is 1. The third kappa shape index (κ3) is 4.83. The van der Waals surface area contributed by atoms with Crippen LogP contribution in [0.2, 0.25) is 5.02 Å². The number of hydrogen-bond donors (Lipinski definition) is 1. The molecule has 1 saturated heterocycles. The Kier molecular flexibility index (Phi) is 6.11. The van der Waals surface area contributed by atoms with Gasteiger partial charge in [-0.2, -0.15) is 0 Å². The van der Waals surface area contributed by atoms with E-state index in [1.54, 1.807) is 0 Å². The molecule has 1 amide bonds. The summed E-state index contributed by atoms with van der Waals surface area (Å²) in [5.41, 5.74) is 2.87. The van der Waals surface area contributed by atoms with Crippen LogP contribution >= 0.6 is 11.6 Å². The molecular weight excluding hydrogens is 332 g/mol. The predicted molar refractivity (Wildman–Crippen MR) is 103 cm³/mol. The van der Waals surface area contributed by atoms with Crippen LogP contribution in [0.25, 0.3) is 0 Å². The molecule has 2 aromatic carbocycles. The Bertz CT molecular complexity index is 708. The van der Waals surface area contributed by atoms with E-state index in [0.717, 1.165) is 12.1 Å². The Morgan fingerprint density at radius 1 is 1.08 bits per heavy atom. The lowest BCUT2D eigenvalue weighted by molar-refractivity contribution is 0.0940. The number of rotatable bonds is 5. The molecule has 1 aliphatic rings. The second-order valence-corrected chi connectivity index (χ2v) is 7.16. The standard InChI is InChI=1S/C21H25ClN2O/c1-16(19-7-3-4-8-20(19)22)23-21(25)18-11-9-17(10-12-18)15-24-13-5-2-6-14-24/h3-4,7-12,16H,2,5-6,13-15H2,1H3,(H,23,25). The zero-order valence-electron chi connectivity index (χ0n) is 14.7. The largest absolute Gasteiger partial charge is 0.345 e. The fraction of sp³-hybridized carbons (Fsp3) is 0.381. The van der Waals surface area contributed by atoms with Gasteiger partial charge in [0.25, 0.3) is 5.91 Å². The molecule has 1 unspecified atom stereocenters. The predicted octanol–water partition coefficient (Wildman–Crippen LogP) is 4.82. The van der Waals surface area contributed by atoms with Crippen LogP contribution in [0.1, 0.15) is 53.7 Å². The minimum atomic E-state index is -0.130. The molecule has 1 N–H and O–H groups in total. The maximum atomic E-state index is 12.5. The van der Waals surface area contributed by atoms with Crippen molar-refractivity contribution in [3.63, 3.8) is 0 Å². The molecule has 0 spiro atoms. The van der Waals surface area contributed by atoms with Crippen LogP contribution in [0, 0.1) is 0 Å². The average molecular weight is 357 g/mol. The van der Waals surface area contributed by atoms with E-state index < -0.39 is 0 Å². The number of halogens is 1. The zero-order valence-corrected chi connectivity index (χ0v) is 15.4. The fourth-order valence-corrected chi connectivity index (χ4v) is 3.62. The first-order valence-corrected chi connectivity index (χ1v) is 9.38. The molecule has 0 aromatic heterocycles. The molecule has 3 nitrogen and oxygen atoms in total. The van der Waals surface area contributed by atoms with Crippen LogP contribution in [-0.2, 0) is 6.54 Å². The molecule has 0 radical (unpaired) electrons. The van der Waals surface area contributed by atoms with Crippen molar-refractivity contribution >= 4 is 17.5 Å². The van der Waals surface area contributed by atoms with E-state index in [4.69, 9.17) is 11.6 Å². The van der Waals surface area contributed by atoms with E-state index in [1.807, 2.05) is 43.3 Å². The average Bonchev–Trinajstić information content (AvgIpc) is 2.63. The van der Waals surface area contributed by atoms with Gasteiger partial charge in [0.1, 0.15) is 0 Å². The van der Waals surface area contributed by atoms with Crippen molar-refractivity contribution in [2.45, 2.75) is 38.8 Å². The molecule has 1 atom stereocenters. The number of amides is 1. The van der Waals surface area contributed by atoms with Gasteiger partial charge in [0, 0.05) is 17.1 Å². The lowest BCUT2D eigenvalue weighted by atomic mass is 10.1. The van der Waals surface area contributed by atoms with Gasteiger partial charge in [-0.05, 0) is 62.2 Å². The first kappa shape index (κ1) is 18.0. The SMILES string of the molecule is CC(NC(=O)c1ccc(CN2CCCCC2)cc1)c1ccccc1Cl. The molecule has 25 heavy (non-hydrogen) atoms. The number of carbonyl (C=O) groups excluding carboxylic acids is 1. The van der Waals surface area contributed by atoms with Gasteiger partial charge in [-0.3, -0.25) is 9.69 Å². The van der Waals surface area contributed by atoms with E-state index in [1.165, 1.54) is 37.9 Å². The molecule has 4 heteroatoms. The normalized spacial score (nSPS) is 16.4. The smallest absolute Gasteiger partial charge is 0.251 e. The Labute approximate surface area is 155 Å². The van der Waals surface area contributed by atoms with Gasteiger partial charge in [-0.15, -0.1) is 0 Å². The highest BCUT2D eigenvalue weighted by Crippen LogP contribution is 2.22. The molecule has 3 rings (SSSR count). The van der Waals surface area contributed by atoms with Crippen LogP contribution in [0.4, 0.5) is 0 Å². The van der Waals surface area contributed by atoms with Crippen molar-refractivity contribution in [1.29, 1.82) is 0 Å².